The number of benzene rings is 6. The number of rotatable bonds is 4. The molecule has 48 heavy (non-hydrogen) atoms. The van der Waals surface area contributed by atoms with E-state index in [-0.39, 0.29) is 23.7 Å². The maximum absolute atomic E-state index is 3.84. The summed E-state index contributed by atoms with van der Waals surface area (Å²) in [5.41, 5.74) is 13.5. The molecular formula is C45H37N3. The molecule has 4 unspecified atom stereocenters. The third-order valence-corrected chi connectivity index (χ3v) is 11.4. The van der Waals surface area contributed by atoms with Crippen LogP contribution in [0.3, 0.4) is 0 Å². The molecule has 4 atom stereocenters. The van der Waals surface area contributed by atoms with Crippen LogP contribution in [0.25, 0.3) is 11.3 Å². The predicted molar refractivity (Wildman–Crippen MR) is 196 cm³/mol. The van der Waals surface area contributed by atoms with Gasteiger partial charge in [-0.2, -0.15) is 0 Å². The number of anilines is 3. The topological polar surface area (TPSA) is 18.5 Å². The molecule has 10 rings (SSSR count). The van der Waals surface area contributed by atoms with Crippen molar-refractivity contribution in [2.45, 2.75) is 37.5 Å². The number of hydrogen-bond donors (Lipinski definition) is 1. The van der Waals surface area contributed by atoms with Crippen molar-refractivity contribution in [3.63, 3.8) is 0 Å². The first-order valence-corrected chi connectivity index (χ1v) is 17.2. The van der Waals surface area contributed by atoms with Crippen molar-refractivity contribution in [2.75, 3.05) is 9.80 Å². The molecule has 232 valence electrons. The van der Waals surface area contributed by atoms with E-state index in [9.17, 15) is 0 Å². The van der Waals surface area contributed by atoms with Crippen molar-refractivity contribution >= 4 is 28.3 Å². The molecule has 0 saturated carbocycles. The molecule has 1 saturated heterocycles. The summed E-state index contributed by atoms with van der Waals surface area (Å²) in [5, 5.41) is 6.57. The molecule has 2 aliphatic carbocycles. The molecule has 6 aromatic rings. The summed E-state index contributed by atoms with van der Waals surface area (Å²) >= 11 is 0. The van der Waals surface area contributed by atoms with E-state index < -0.39 is 0 Å². The Kier molecular flexibility index (Phi) is 5.95. The number of nitrogens with zero attached hydrogens (tertiary/aromatic N) is 2. The highest BCUT2D eigenvalue weighted by Crippen LogP contribution is 2.62. The van der Waals surface area contributed by atoms with E-state index >= 15 is 0 Å². The number of para-hydroxylation sites is 1. The minimum absolute atomic E-state index is 0.00818. The second-order valence-electron chi connectivity index (χ2n) is 14.2. The van der Waals surface area contributed by atoms with E-state index in [0.29, 0.717) is 5.92 Å². The molecule has 3 heteroatoms. The fraction of sp³-hybridized carbons (Fsp3) is 0.156. The van der Waals surface area contributed by atoms with Crippen molar-refractivity contribution in [2.24, 2.45) is 5.92 Å². The maximum atomic E-state index is 3.84. The van der Waals surface area contributed by atoms with E-state index in [4.69, 9.17) is 0 Å². The Balaban J connectivity index is 1.13. The Morgan fingerprint density at radius 2 is 1.10 bits per heavy atom. The number of nitrogens with one attached hydrogen (secondary N) is 1. The van der Waals surface area contributed by atoms with E-state index in [2.05, 4.69) is 187 Å². The highest BCUT2D eigenvalue weighted by Gasteiger charge is 2.53. The van der Waals surface area contributed by atoms with E-state index in [0.717, 1.165) is 0 Å². The average Bonchev–Trinajstić information content (AvgIpc) is 3.59. The van der Waals surface area contributed by atoms with Gasteiger partial charge >= 0.3 is 0 Å². The van der Waals surface area contributed by atoms with Crippen LogP contribution in [0.5, 0.6) is 0 Å². The first-order chi connectivity index (χ1) is 23.6. The fourth-order valence-electron chi connectivity index (χ4n) is 9.32. The van der Waals surface area contributed by atoms with Gasteiger partial charge in [0.1, 0.15) is 12.3 Å². The Hall–Kier alpha value is -5.38. The quantitative estimate of drug-likeness (QED) is 0.213. The summed E-state index contributed by atoms with van der Waals surface area (Å²) in [6.45, 7) is 4.92. The van der Waals surface area contributed by atoms with Gasteiger partial charge in [0.15, 0.2) is 0 Å². The predicted octanol–water partition coefficient (Wildman–Crippen LogP) is 8.66. The van der Waals surface area contributed by atoms with Gasteiger partial charge in [0.25, 0.3) is 0 Å². The van der Waals surface area contributed by atoms with Gasteiger partial charge < -0.3 is 9.80 Å². The first-order valence-electron chi connectivity index (χ1n) is 17.2. The third kappa shape index (κ3) is 3.80. The Morgan fingerprint density at radius 3 is 1.81 bits per heavy atom. The van der Waals surface area contributed by atoms with Crippen LogP contribution in [-0.4, -0.2) is 0 Å². The smallest absolute Gasteiger partial charge is 0.109 e. The van der Waals surface area contributed by atoms with Crippen molar-refractivity contribution in [1.29, 1.82) is 0 Å². The van der Waals surface area contributed by atoms with Crippen molar-refractivity contribution in [3.8, 4) is 0 Å². The molecule has 3 nitrogen and oxygen atoms in total. The van der Waals surface area contributed by atoms with E-state index in [1.165, 1.54) is 66.6 Å². The second kappa shape index (κ2) is 10.3. The zero-order chi connectivity index (χ0) is 32.0. The van der Waals surface area contributed by atoms with E-state index in [1.807, 2.05) is 0 Å². The second-order valence-corrected chi connectivity index (χ2v) is 14.2. The van der Waals surface area contributed by atoms with Crippen LogP contribution in [-0.2, 0) is 5.41 Å². The van der Waals surface area contributed by atoms with Crippen molar-refractivity contribution in [3.05, 3.63) is 196 Å². The van der Waals surface area contributed by atoms with Gasteiger partial charge in [0.2, 0.25) is 0 Å². The summed E-state index contributed by atoms with van der Waals surface area (Å²) in [6.07, 6.45) is 0.220. The highest BCUT2D eigenvalue weighted by molar-refractivity contribution is 5.96. The summed E-state index contributed by atoms with van der Waals surface area (Å²) in [6, 6.07) is 58.2. The first kappa shape index (κ1) is 27.7. The van der Waals surface area contributed by atoms with Crippen molar-refractivity contribution < 1.29 is 0 Å². The fourth-order valence-corrected chi connectivity index (χ4v) is 9.32. The monoisotopic (exact) mass is 619 g/mol. The van der Waals surface area contributed by atoms with Crippen molar-refractivity contribution in [1.82, 2.24) is 5.32 Å². The van der Waals surface area contributed by atoms with Gasteiger partial charge in [-0.1, -0.05) is 141 Å². The zero-order valence-electron chi connectivity index (χ0n) is 27.2. The summed E-state index contributed by atoms with van der Waals surface area (Å²) in [4.78, 5) is 5.08. The van der Waals surface area contributed by atoms with Crippen LogP contribution < -0.4 is 25.6 Å². The Morgan fingerprint density at radius 1 is 0.542 bits per heavy atom. The molecule has 2 heterocycles. The molecule has 0 bridgehead atoms. The average molecular weight is 620 g/mol. The molecule has 1 fully saturated rings. The van der Waals surface area contributed by atoms with Crippen LogP contribution in [0.4, 0.5) is 17.1 Å². The number of hydrogen-bond acceptors (Lipinski definition) is 3. The molecular weight excluding hydrogens is 583 g/mol. The standard InChI is InChI=1S/C45H37N3/c1-45(2)37-23-13-11-21-35(37)39-33-19-9-10-20-34(33)42-40(41(39)45)36-22-12-14-24-38(36)47(42)31-25-27-32(28-26-31)48-43(29-15-5-3-6-16-29)46-44(48)30-17-7-4-8-18-30/h3-28,40-41,43-44,46H,1-2H3. The van der Waals surface area contributed by atoms with Gasteiger partial charge in [-0.15, -0.1) is 0 Å². The normalized spacial score (nSPS) is 22.7. The molecule has 4 aliphatic rings. The van der Waals surface area contributed by atoms with Crippen LogP contribution in [0.2, 0.25) is 0 Å². The minimum atomic E-state index is -0.00818. The highest BCUT2D eigenvalue weighted by atomic mass is 15.5. The molecule has 0 radical (unpaired) electrons. The molecule has 0 spiro atoms. The van der Waals surface area contributed by atoms with Gasteiger partial charge in [0, 0.05) is 39.8 Å². The lowest BCUT2D eigenvalue weighted by Crippen LogP contribution is -2.57. The zero-order valence-corrected chi connectivity index (χ0v) is 27.2. The Bertz CT molecular complexity index is 2280. The van der Waals surface area contributed by atoms with Gasteiger partial charge in [-0.3, -0.25) is 5.32 Å². The molecule has 0 amide bonds. The Labute approximate surface area is 282 Å². The van der Waals surface area contributed by atoms with Crippen LogP contribution >= 0.6 is 0 Å². The maximum Gasteiger partial charge on any atom is 0.109 e. The lowest BCUT2D eigenvalue weighted by atomic mass is 9.66. The minimum Gasteiger partial charge on any atom is -0.332 e. The SMILES string of the molecule is CC1(C)c2ccccc2C2=c3ccccc3=C3C(c4ccccc4N3c3ccc(N4C(c5ccccc5)NC4c4ccccc4)cc3)C21. The third-order valence-electron chi connectivity index (χ3n) is 11.4. The largest absolute Gasteiger partial charge is 0.332 e. The van der Waals surface area contributed by atoms with Gasteiger partial charge in [-0.25, -0.2) is 0 Å². The molecule has 2 aliphatic heterocycles. The van der Waals surface area contributed by atoms with Crippen LogP contribution in [0.15, 0.2) is 158 Å². The lowest BCUT2D eigenvalue weighted by Gasteiger charge is -2.52. The summed E-state index contributed by atoms with van der Waals surface area (Å²) in [5.74, 6) is 0.605. The molecule has 0 aromatic heterocycles. The van der Waals surface area contributed by atoms with E-state index in [1.54, 1.807) is 0 Å². The van der Waals surface area contributed by atoms with Gasteiger partial charge in [0.05, 0.1) is 0 Å². The lowest BCUT2D eigenvalue weighted by molar-refractivity contribution is 0.276. The molecule has 6 aromatic carbocycles. The van der Waals surface area contributed by atoms with Gasteiger partial charge in [-0.05, 0) is 74.4 Å². The van der Waals surface area contributed by atoms with Crippen LogP contribution in [0.1, 0.15) is 59.9 Å². The summed E-state index contributed by atoms with van der Waals surface area (Å²) < 4.78 is 0. The number of fused-ring (bicyclic) bond motifs is 8. The molecule has 1 N–H and O–H groups in total. The van der Waals surface area contributed by atoms with Crippen LogP contribution in [0, 0.1) is 5.92 Å². The summed E-state index contributed by atoms with van der Waals surface area (Å²) in [7, 11) is 0.